The molecule has 0 aromatic heterocycles. The van der Waals surface area contributed by atoms with Crippen molar-refractivity contribution in [2.24, 2.45) is 0 Å². The lowest BCUT2D eigenvalue weighted by Gasteiger charge is -2.37. The fourth-order valence-electron chi connectivity index (χ4n) is 2.86. The van der Waals surface area contributed by atoms with Crippen LogP contribution in [-0.4, -0.2) is 61.5 Å². The van der Waals surface area contributed by atoms with Crippen LogP contribution in [0.25, 0.3) is 0 Å². The molecule has 1 aliphatic heterocycles. The van der Waals surface area contributed by atoms with Gasteiger partial charge in [-0.15, -0.1) is 0 Å². The zero-order chi connectivity index (χ0) is 16.1. The Bertz CT molecular complexity index is 509. The number of aryl methyl sites for hydroxylation is 1. The average molecular weight is 324 g/mol. The van der Waals surface area contributed by atoms with E-state index in [1.54, 1.807) is 0 Å². The van der Waals surface area contributed by atoms with Crippen LogP contribution in [0.2, 0.25) is 5.02 Å². The van der Waals surface area contributed by atoms with Gasteiger partial charge in [-0.2, -0.15) is 0 Å². The summed E-state index contributed by atoms with van der Waals surface area (Å²) >= 11 is 6.11. The average Bonchev–Trinajstić information content (AvgIpc) is 2.54. The molecule has 4 nitrogen and oxygen atoms in total. The van der Waals surface area contributed by atoms with E-state index in [4.69, 9.17) is 11.6 Å². The Morgan fingerprint density at radius 1 is 1.18 bits per heavy atom. The molecule has 2 rings (SSSR count). The molecule has 0 saturated carbocycles. The van der Waals surface area contributed by atoms with Crippen LogP contribution in [0.4, 0.5) is 5.69 Å². The Balaban J connectivity index is 1.92. The van der Waals surface area contributed by atoms with Crippen LogP contribution in [0, 0.1) is 6.92 Å². The number of anilines is 1. The van der Waals surface area contributed by atoms with Crippen molar-refractivity contribution in [2.45, 2.75) is 20.8 Å². The molecular weight excluding hydrogens is 298 g/mol. The fourth-order valence-corrected chi connectivity index (χ4v) is 3.02. The van der Waals surface area contributed by atoms with E-state index in [1.165, 1.54) is 11.3 Å². The van der Waals surface area contributed by atoms with Crippen molar-refractivity contribution in [1.82, 2.24) is 9.80 Å². The first-order valence-corrected chi connectivity index (χ1v) is 8.44. The molecule has 1 saturated heterocycles. The van der Waals surface area contributed by atoms with Crippen molar-refractivity contribution in [3.8, 4) is 0 Å². The van der Waals surface area contributed by atoms with E-state index in [9.17, 15) is 4.79 Å². The first kappa shape index (κ1) is 17.1. The van der Waals surface area contributed by atoms with Gasteiger partial charge in [0.2, 0.25) is 5.91 Å². The Hall–Kier alpha value is -1.26. The molecule has 0 bridgehead atoms. The molecule has 5 heteroatoms. The lowest BCUT2D eigenvalue weighted by atomic mass is 10.1. The molecule has 0 spiro atoms. The van der Waals surface area contributed by atoms with Gasteiger partial charge in [-0.3, -0.25) is 9.69 Å². The van der Waals surface area contributed by atoms with Crippen molar-refractivity contribution >= 4 is 23.2 Å². The zero-order valence-electron chi connectivity index (χ0n) is 13.8. The molecule has 0 atom stereocenters. The van der Waals surface area contributed by atoms with Crippen molar-refractivity contribution < 1.29 is 4.79 Å². The highest BCUT2D eigenvalue weighted by molar-refractivity contribution is 6.30. The predicted octanol–water partition coefficient (Wildman–Crippen LogP) is 2.64. The molecule has 22 heavy (non-hydrogen) atoms. The SMILES string of the molecule is CCN(CC)CC(=O)N1CCN(c2cc(Cl)ccc2C)CC1. The number of amides is 1. The molecule has 1 aromatic rings. The zero-order valence-corrected chi connectivity index (χ0v) is 14.6. The molecule has 0 radical (unpaired) electrons. The minimum atomic E-state index is 0.242. The Kier molecular flexibility index (Phi) is 6.09. The number of rotatable bonds is 5. The smallest absolute Gasteiger partial charge is 0.236 e. The van der Waals surface area contributed by atoms with Crippen LogP contribution in [-0.2, 0) is 4.79 Å². The number of piperazine rings is 1. The summed E-state index contributed by atoms with van der Waals surface area (Å²) in [5.41, 5.74) is 2.41. The lowest BCUT2D eigenvalue weighted by molar-refractivity contribution is -0.132. The highest BCUT2D eigenvalue weighted by atomic mass is 35.5. The van der Waals surface area contributed by atoms with Crippen molar-refractivity contribution in [1.29, 1.82) is 0 Å². The molecule has 0 aliphatic carbocycles. The van der Waals surface area contributed by atoms with Gasteiger partial charge in [0.25, 0.3) is 0 Å². The van der Waals surface area contributed by atoms with Gasteiger partial charge in [0.15, 0.2) is 0 Å². The third-order valence-corrected chi connectivity index (χ3v) is 4.63. The third-order valence-electron chi connectivity index (χ3n) is 4.40. The fraction of sp³-hybridized carbons (Fsp3) is 0.588. The normalized spacial score (nSPS) is 15.5. The second-order valence-corrected chi connectivity index (χ2v) is 6.20. The van der Waals surface area contributed by atoms with Crippen LogP contribution >= 0.6 is 11.6 Å². The summed E-state index contributed by atoms with van der Waals surface area (Å²) < 4.78 is 0. The third kappa shape index (κ3) is 4.14. The van der Waals surface area contributed by atoms with Crippen LogP contribution in [0.3, 0.4) is 0 Å². The van der Waals surface area contributed by atoms with E-state index in [0.717, 1.165) is 44.3 Å². The van der Waals surface area contributed by atoms with Gasteiger partial charge in [0.05, 0.1) is 6.54 Å². The Labute approximate surface area is 138 Å². The lowest BCUT2D eigenvalue weighted by Crippen LogP contribution is -2.51. The van der Waals surface area contributed by atoms with Crippen molar-refractivity contribution in [2.75, 3.05) is 50.7 Å². The second-order valence-electron chi connectivity index (χ2n) is 5.76. The predicted molar refractivity (Wildman–Crippen MR) is 92.8 cm³/mol. The van der Waals surface area contributed by atoms with Gasteiger partial charge >= 0.3 is 0 Å². The highest BCUT2D eigenvalue weighted by Gasteiger charge is 2.23. The first-order valence-electron chi connectivity index (χ1n) is 8.06. The van der Waals surface area contributed by atoms with E-state index in [2.05, 4.69) is 36.6 Å². The van der Waals surface area contributed by atoms with Gasteiger partial charge in [-0.1, -0.05) is 31.5 Å². The number of nitrogens with zero attached hydrogens (tertiary/aromatic N) is 3. The van der Waals surface area contributed by atoms with Crippen LogP contribution in [0.15, 0.2) is 18.2 Å². The largest absolute Gasteiger partial charge is 0.368 e. The standard InChI is InChI=1S/C17H26ClN3O/c1-4-19(5-2)13-17(22)21-10-8-20(9-11-21)16-12-15(18)7-6-14(16)3/h6-7,12H,4-5,8-11,13H2,1-3H3. The maximum absolute atomic E-state index is 12.3. The summed E-state index contributed by atoms with van der Waals surface area (Å²) in [7, 11) is 0. The molecule has 0 unspecified atom stereocenters. The molecule has 122 valence electrons. The molecule has 1 aliphatic rings. The van der Waals surface area contributed by atoms with Crippen LogP contribution in [0.1, 0.15) is 19.4 Å². The second kappa shape index (κ2) is 7.84. The van der Waals surface area contributed by atoms with Gasteiger partial charge in [0, 0.05) is 36.9 Å². The summed E-state index contributed by atoms with van der Waals surface area (Å²) in [6, 6.07) is 5.99. The highest BCUT2D eigenvalue weighted by Crippen LogP contribution is 2.25. The number of hydrogen-bond donors (Lipinski definition) is 0. The number of likely N-dealkylation sites (N-methyl/N-ethyl adjacent to an activating group) is 1. The number of carbonyl (C=O) groups is 1. The Morgan fingerprint density at radius 3 is 2.41 bits per heavy atom. The molecule has 0 N–H and O–H groups in total. The van der Waals surface area contributed by atoms with E-state index in [0.29, 0.717) is 6.54 Å². The summed E-state index contributed by atoms with van der Waals surface area (Å²) in [4.78, 5) is 18.8. The molecule has 1 amide bonds. The van der Waals surface area contributed by atoms with Gasteiger partial charge in [0.1, 0.15) is 0 Å². The molecule has 1 aromatic carbocycles. The molecule has 1 fully saturated rings. The molecule has 1 heterocycles. The summed E-state index contributed by atoms with van der Waals surface area (Å²) in [5, 5.41) is 0.764. The van der Waals surface area contributed by atoms with Gasteiger partial charge in [-0.25, -0.2) is 0 Å². The van der Waals surface area contributed by atoms with E-state index < -0.39 is 0 Å². The van der Waals surface area contributed by atoms with Gasteiger partial charge < -0.3 is 9.80 Å². The van der Waals surface area contributed by atoms with E-state index >= 15 is 0 Å². The number of benzene rings is 1. The summed E-state index contributed by atoms with van der Waals surface area (Å²) in [6.45, 7) is 12.0. The Morgan fingerprint density at radius 2 is 1.82 bits per heavy atom. The van der Waals surface area contributed by atoms with E-state index in [1.807, 2.05) is 17.0 Å². The van der Waals surface area contributed by atoms with Crippen molar-refractivity contribution in [3.05, 3.63) is 28.8 Å². The quantitative estimate of drug-likeness (QED) is 0.833. The number of carbonyl (C=O) groups excluding carboxylic acids is 1. The first-order chi connectivity index (χ1) is 10.5. The number of halogens is 1. The van der Waals surface area contributed by atoms with Crippen LogP contribution < -0.4 is 4.90 Å². The maximum atomic E-state index is 12.3. The monoisotopic (exact) mass is 323 g/mol. The summed E-state index contributed by atoms with van der Waals surface area (Å²) in [5.74, 6) is 0.242. The minimum Gasteiger partial charge on any atom is -0.368 e. The maximum Gasteiger partial charge on any atom is 0.236 e. The summed E-state index contributed by atoms with van der Waals surface area (Å²) in [6.07, 6.45) is 0. The van der Waals surface area contributed by atoms with Crippen molar-refractivity contribution in [3.63, 3.8) is 0 Å². The van der Waals surface area contributed by atoms with Crippen LogP contribution in [0.5, 0.6) is 0 Å². The van der Waals surface area contributed by atoms with E-state index in [-0.39, 0.29) is 5.91 Å². The number of hydrogen-bond acceptors (Lipinski definition) is 3. The van der Waals surface area contributed by atoms with Gasteiger partial charge in [-0.05, 0) is 37.7 Å². The topological polar surface area (TPSA) is 26.8 Å². The molecular formula is C17H26ClN3O. The minimum absolute atomic E-state index is 0.242.